The van der Waals surface area contributed by atoms with Crippen LogP contribution in [0.3, 0.4) is 0 Å². The third kappa shape index (κ3) is 6.79. The highest BCUT2D eigenvalue weighted by Crippen LogP contribution is 2.26. The second kappa shape index (κ2) is 12.6. The Morgan fingerprint density at radius 1 is 0.750 bits per heavy atom. The molecular formula is C24H28Cl2F2N4. The second-order valence-corrected chi connectivity index (χ2v) is 7.47. The third-order valence-corrected chi connectivity index (χ3v) is 5.48. The summed E-state index contributed by atoms with van der Waals surface area (Å²) in [4.78, 5) is 11.3. The topological polar surface area (TPSA) is 22.6 Å². The van der Waals surface area contributed by atoms with Crippen molar-refractivity contribution in [2.45, 2.75) is 6.42 Å². The summed E-state index contributed by atoms with van der Waals surface area (Å²) < 4.78 is 26.7. The van der Waals surface area contributed by atoms with Gasteiger partial charge in [-0.3, -0.25) is 4.90 Å². The van der Waals surface area contributed by atoms with Crippen molar-refractivity contribution in [1.29, 1.82) is 0 Å². The van der Waals surface area contributed by atoms with Crippen LogP contribution in [0.15, 0.2) is 72.9 Å². The molecule has 4 nitrogen and oxygen atoms in total. The summed E-state index contributed by atoms with van der Waals surface area (Å²) in [5, 5.41) is 0. The van der Waals surface area contributed by atoms with Crippen LogP contribution in [0, 0.1) is 11.6 Å². The lowest BCUT2D eigenvalue weighted by Crippen LogP contribution is -2.47. The van der Waals surface area contributed by atoms with E-state index in [1.54, 1.807) is 24.3 Å². The molecule has 0 saturated carbocycles. The molecule has 4 rings (SSSR count). The Hall–Kier alpha value is -2.41. The first-order valence-electron chi connectivity index (χ1n) is 10.4. The monoisotopic (exact) mass is 480 g/mol. The highest BCUT2D eigenvalue weighted by molar-refractivity contribution is 5.85. The maximum Gasteiger partial charge on any atom is 0.128 e. The van der Waals surface area contributed by atoms with E-state index in [2.05, 4.69) is 25.8 Å². The summed E-state index contributed by atoms with van der Waals surface area (Å²) in [6, 6.07) is 18.9. The van der Waals surface area contributed by atoms with Gasteiger partial charge in [-0.15, -0.1) is 24.8 Å². The highest BCUT2D eigenvalue weighted by atomic mass is 35.5. The zero-order valence-corrected chi connectivity index (χ0v) is 19.4. The van der Waals surface area contributed by atoms with E-state index < -0.39 is 0 Å². The lowest BCUT2D eigenvalue weighted by Gasteiger charge is -2.36. The van der Waals surface area contributed by atoms with Crippen LogP contribution in [0.2, 0.25) is 0 Å². The number of pyridine rings is 1. The number of benzene rings is 2. The van der Waals surface area contributed by atoms with Crippen LogP contribution in [-0.2, 0) is 0 Å². The predicted molar refractivity (Wildman–Crippen MR) is 132 cm³/mol. The fraction of sp³-hybridized carbons (Fsp3) is 0.292. The van der Waals surface area contributed by atoms with Crippen LogP contribution in [0.4, 0.5) is 26.0 Å². The van der Waals surface area contributed by atoms with E-state index in [0.717, 1.165) is 62.9 Å². The van der Waals surface area contributed by atoms with E-state index in [-0.39, 0.29) is 36.4 Å². The lowest BCUT2D eigenvalue weighted by atomic mass is 10.2. The van der Waals surface area contributed by atoms with Gasteiger partial charge in [-0.25, -0.2) is 13.8 Å². The average Bonchev–Trinajstić information content (AvgIpc) is 2.79. The van der Waals surface area contributed by atoms with Crippen molar-refractivity contribution >= 4 is 42.0 Å². The Morgan fingerprint density at radius 2 is 1.31 bits per heavy atom. The molecule has 8 heteroatoms. The molecule has 0 bridgehead atoms. The van der Waals surface area contributed by atoms with Gasteiger partial charge < -0.3 is 9.80 Å². The van der Waals surface area contributed by atoms with E-state index in [9.17, 15) is 8.78 Å². The Morgan fingerprint density at radius 3 is 1.81 bits per heavy atom. The number of anilines is 3. The first kappa shape index (κ1) is 25.8. The molecule has 2 heterocycles. The van der Waals surface area contributed by atoms with E-state index in [1.165, 1.54) is 24.3 Å². The Balaban J connectivity index is 0.00000181. The number of hydrogen-bond donors (Lipinski definition) is 0. The number of rotatable bonds is 7. The molecule has 0 atom stereocenters. The summed E-state index contributed by atoms with van der Waals surface area (Å²) in [5.74, 6) is 0.517. The van der Waals surface area contributed by atoms with Gasteiger partial charge in [-0.1, -0.05) is 6.07 Å². The number of nitrogens with zero attached hydrogens (tertiary/aromatic N) is 4. The van der Waals surface area contributed by atoms with Gasteiger partial charge >= 0.3 is 0 Å². The van der Waals surface area contributed by atoms with Gasteiger partial charge in [0.15, 0.2) is 0 Å². The number of aromatic nitrogens is 1. The quantitative estimate of drug-likeness (QED) is 0.441. The first-order valence-corrected chi connectivity index (χ1v) is 10.4. The van der Waals surface area contributed by atoms with Crippen molar-refractivity contribution in [3.63, 3.8) is 0 Å². The van der Waals surface area contributed by atoms with Gasteiger partial charge in [0.25, 0.3) is 0 Å². The Bertz CT molecular complexity index is 873. The maximum atomic E-state index is 13.4. The van der Waals surface area contributed by atoms with Gasteiger partial charge in [-0.2, -0.15) is 0 Å². The van der Waals surface area contributed by atoms with Gasteiger partial charge in [-0.05, 0) is 73.6 Å². The summed E-state index contributed by atoms with van der Waals surface area (Å²) in [7, 11) is 0. The summed E-state index contributed by atoms with van der Waals surface area (Å²) >= 11 is 0. The highest BCUT2D eigenvalue weighted by Gasteiger charge is 2.18. The predicted octanol–water partition coefficient (Wildman–Crippen LogP) is 5.55. The second-order valence-electron chi connectivity index (χ2n) is 7.47. The number of piperazine rings is 1. The molecule has 1 fully saturated rings. The molecular weight excluding hydrogens is 453 g/mol. The molecule has 0 radical (unpaired) electrons. The minimum absolute atomic E-state index is 0. The first-order chi connectivity index (χ1) is 14.7. The number of hydrogen-bond acceptors (Lipinski definition) is 4. The zero-order valence-electron chi connectivity index (χ0n) is 17.7. The molecule has 0 spiro atoms. The molecule has 1 aromatic heterocycles. The molecule has 0 N–H and O–H groups in total. The molecule has 1 aliphatic heterocycles. The molecule has 1 saturated heterocycles. The van der Waals surface area contributed by atoms with Crippen LogP contribution >= 0.6 is 24.8 Å². The van der Waals surface area contributed by atoms with Gasteiger partial charge in [0.2, 0.25) is 0 Å². The summed E-state index contributed by atoms with van der Waals surface area (Å²) in [5.41, 5.74) is 1.81. The van der Waals surface area contributed by atoms with Crippen LogP contribution in [0.25, 0.3) is 0 Å². The van der Waals surface area contributed by atoms with Crippen LogP contribution in [0.1, 0.15) is 6.42 Å². The molecule has 3 aromatic rings. The fourth-order valence-corrected chi connectivity index (χ4v) is 3.84. The van der Waals surface area contributed by atoms with Crippen LogP contribution in [-0.4, -0.2) is 49.2 Å². The standard InChI is InChI=1S/C24H26F2N4.2ClH/c25-20-5-9-22(10-6-20)30(23-11-7-21(26)8-12-23)15-3-14-28-16-18-29(19-17-28)24-4-1-2-13-27-24;;/h1-2,4-13H,3,14-19H2;2*1H. The smallest absolute Gasteiger partial charge is 0.128 e. The van der Waals surface area contributed by atoms with Crippen molar-refractivity contribution in [1.82, 2.24) is 9.88 Å². The molecule has 0 amide bonds. The molecule has 0 aliphatic carbocycles. The average molecular weight is 481 g/mol. The molecule has 1 aliphatic rings. The zero-order chi connectivity index (χ0) is 20.8. The largest absolute Gasteiger partial charge is 0.354 e. The van der Waals surface area contributed by atoms with Crippen molar-refractivity contribution < 1.29 is 8.78 Å². The van der Waals surface area contributed by atoms with Crippen molar-refractivity contribution in [3.8, 4) is 0 Å². The van der Waals surface area contributed by atoms with Gasteiger partial charge in [0, 0.05) is 50.3 Å². The SMILES string of the molecule is Cl.Cl.Fc1ccc(N(CCCN2CCN(c3ccccn3)CC2)c2ccc(F)cc2)cc1. The fourth-order valence-electron chi connectivity index (χ4n) is 3.84. The normalized spacial score (nSPS) is 13.8. The van der Waals surface area contributed by atoms with Gasteiger partial charge in [0.1, 0.15) is 17.5 Å². The Kier molecular flexibility index (Phi) is 10.2. The molecule has 2 aromatic carbocycles. The van der Waals surface area contributed by atoms with E-state index >= 15 is 0 Å². The van der Waals surface area contributed by atoms with E-state index in [0.29, 0.717) is 0 Å². The van der Waals surface area contributed by atoms with Crippen LogP contribution in [0.5, 0.6) is 0 Å². The van der Waals surface area contributed by atoms with Crippen LogP contribution < -0.4 is 9.80 Å². The minimum Gasteiger partial charge on any atom is -0.354 e. The molecule has 0 unspecified atom stereocenters. The summed E-state index contributed by atoms with van der Waals surface area (Å²) in [6.45, 7) is 5.70. The van der Waals surface area contributed by atoms with Gasteiger partial charge in [0.05, 0.1) is 0 Å². The Labute approximate surface area is 200 Å². The number of halogens is 4. The van der Waals surface area contributed by atoms with E-state index in [1.807, 2.05) is 18.3 Å². The van der Waals surface area contributed by atoms with E-state index in [4.69, 9.17) is 0 Å². The maximum absolute atomic E-state index is 13.4. The molecule has 32 heavy (non-hydrogen) atoms. The third-order valence-electron chi connectivity index (χ3n) is 5.48. The lowest BCUT2D eigenvalue weighted by molar-refractivity contribution is 0.256. The minimum atomic E-state index is -0.261. The molecule has 172 valence electrons. The van der Waals surface area contributed by atoms with Crippen molar-refractivity contribution in [2.75, 3.05) is 49.1 Å². The van der Waals surface area contributed by atoms with Crippen molar-refractivity contribution in [3.05, 3.63) is 84.6 Å². The van der Waals surface area contributed by atoms with Crippen molar-refractivity contribution in [2.24, 2.45) is 0 Å². The summed E-state index contributed by atoms with van der Waals surface area (Å²) in [6.07, 6.45) is 2.79.